The Morgan fingerprint density at radius 3 is 2.27 bits per heavy atom. The fourth-order valence-electron chi connectivity index (χ4n) is 2.12. The molecule has 1 heteroatoms. The Morgan fingerprint density at radius 2 is 1.60 bits per heavy atom. The number of carbonyl (C=O) groups excluding carboxylic acids is 1. The monoisotopic (exact) mass is 198 g/mol. The van der Waals surface area contributed by atoms with E-state index in [9.17, 15) is 4.79 Å². The summed E-state index contributed by atoms with van der Waals surface area (Å²) in [4.78, 5) is 10.9. The first-order valence-corrected chi connectivity index (χ1v) is 5.10. The molecule has 0 radical (unpaired) electrons. The fourth-order valence-corrected chi connectivity index (χ4v) is 2.12. The Morgan fingerprint density at radius 1 is 0.933 bits per heavy atom. The molecule has 0 unspecified atom stereocenters. The number of benzene rings is 2. The lowest BCUT2D eigenvalue weighted by Crippen LogP contribution is -1.91. The summed E-state index contributed by atoms with van der Waals surface area (Å²) in [5, 5.41) is 2.47. The van der Waals surface area contributed by atoms with E-state index in [1.807, 2.05) is 19.1 Å². The van der Waals surface area contributed by atoms with E-state index in [1.54, 1.807) is 0 Å². The third-order valence-electron chi connectivity index (χ3n) is 3.04. The highest BCUT2D eigenvalue weighted by atomic mass is 16.1. The van der Waals surface area contributed by atoms with Gasteiger partial charge in [0.05, 0.1) is 0 Å². The third-order valence-corrected chi connectivity index (χ3v) is 3.04. The second kappa shape index (κ2) is 3.50. The highest BCUT2D eigenvalue weighted by Gasteiger charge is 2.06. The largest absolute Gasteiger partial charge is 0.298 e. The van der Waals surface area contributed by atoms with Gasteiger partial charge in [0.15, 0.2) is 0 Å². The Bertz CT molecular complexity index is 539. The fraction of sp³-hybridized carbons (Fsp3) is 0.214. The maximum absolute atomic E-state index is 10.9. The van der Waals surface area contributed by atoms with Crippen LogP contribution in [0.1, 0.15) is 27.0 Å². The van der Waals surface area contributed by atoms with Crippen molar-refractivity contribution < 1.29 is 4.79 Å². The molecule has 76 valence electrons. The molecular weight excluding hydrogens is 184 g/mol. The summed E-state index contributed by atoms with van der Waals surface area (Å²) < 4.78 is 0. The molecule has 0 saturated heterocycles. The van der Waals surface area contributed by atoms with Crippen molar-refractivity contribution in [2.75, 3.05) is 0 Å². The van der Waals surface area contributed by atoms with Crippen LogP contribution in [0.25, 0.3) is 10.8 Å². The number of hydrogen-bond acceptors (Lipinski definition) is 1. The van der Waals surface area contributed by atoms with Gasteiger partial charge in [0.25, 0.3) is 0 Å². The molecule has 0 aliphatic heterocycles. The van der Waals surface area contributed by atoms with E-state index in [4.69, 9.17) is 0 Å². The van der Waals surface area contributed by atoms with E-state index < -0.39 is 0 Å². The number of hydrogen-bond donors (Lipinski definition) is 0. The summed E-state index contributed by atoms with van der Waals surface area (Å²) in [5.41, 5.74) is 4.37. The molecule has 0 atom stereocenters. The molecule has 0 heterocycles. The molecule has 0 aromatic heterocycles. The predicted molar refractivity (Wildman–Crippen MR) is 63.5 cm³/mol. The van der Waals surface area contributed by atoms with Gasteiger partial charge in [-0.1, -0.05) is 24.3 Å². The zero-order chi connectivity index (χ0) is 11.0. The Hall–Kier alpha value is -1.63. The second-order valence-electron chi connectivity index (χ2n) is 4.02. The second-order valence-corrected chi connectivity index (χ2v) is 4.02. The van der Waals surface area contributed by atoms with Crippen LogP contribution in [0.2, 0.25) is 0 Å². The standard InChI is InChI=1S/C14H14O/c1-9-4-5-10(2)14-11(3)12(8-15)6-7-13(9)14/h4-8H,1-3H3. The van der Waals surface area contributed by atoms with Crippen LogP contribution in [0.15, 0.2) is 24.3 Å². The van der Waals surface area contributed by atoms with Crippen molar-refractivity contribution in [3.05, 3.63) is 46.5 Å². The quantitative estimate of drug-likeness (QED) is 0.640. The summed E-state index contributed by atoms with van der Waals surface area (Å²) in [6.45, 7) is 6.20. The van der Waals surface area contributed by atoms with Crippen LogP contribution < -0.4 is 0 Å². The van der Waals surface area contributed by atoms with Crippen molar-refractivity contribution in [1.82, 2.24) is 0 Å². The molecule has 0 aliphatic rings. The molecule has 0 bridgehead atoms. The summed E-state index contributed by atoms with van der Waals surface area (Å²) in [5.74, 6) is 0. The van der Waals surface area contributed by atoms with Crippen molar-refractivity contribution in [3.8, 4) is 0 Å². The smallest absolute Gasteiger partial charge is 0.150 e. The van der Waals surface area contributed by atoms with Crippen LogP contribution >= 0.6 is 0 Å². The van der Waals surface area contributed by atoms with Gasteiger partial charge in [0.1, 0.15) is 6.29 Å². The van der Waals surface area contributed by atoms with Crippen LogP contribution in [-0.2, 0) is 0 Å². The van der Waals surface area contributed by atoms with E-state index >= 15 is 0 Å². The third kappa shape index (κ3) is 1.44. The molecule has 0 amide bonds. The number of rotatable bonds is 1. The Balaban J connectivity index is 2.98. The molecule has 2 rings (SSSR count). The van der Waals surface area contributed by atoms with Crippen molar-refractivity contribution in [1.29, 1.82) is 0 Å². The van der Waals surface area contributed by atoms with E-state index in [2.05, 4.69) is 26.0 Å². The molecule has 0 N–H and O–H groups in total. The highest BCUT2D eigenvalue weighted by Crippen LogP contribution is 2.26. The van der Waals surface area contributed by atoms with Crippen LogP contribution in [0.5, 0.6) is 0 Å². The van der Waals surface area contributed by atoms with Crippen LogP contribution in [0.3, 0.4) is 0 Å². The normalized spacial score (nSPS) is 10.6. The zero-order valence-electron chi connectivity index (χ0n) is 9.29. The first-order valence-electron chi connectivity index (χ1n) is 5.10. The molecule has 2 aromatic rings. The topological polar surface area (TPSA) is 17.1 Å². The number of aryl methyl sites for hydroxylation is 3. The lowest BCUT2D eigenvalue weighted by atomic mass is 9.94. The summed E-state index contributed by atoms with van der Waals surface area (Å²) in [7, 11) is 0. The van der Waals surface area contributed by atoms with Gasteiger partial charge in [-0.25, -0.2) is 0 Å². The van der Waals surface area contributed by atoms with Crippen LogP contribution in [0, 0.1) is 20.8 Å². The minimum Gasteiger partial charge on any atom is -0.298 e. The number of aldehydes is 1. The van der Waals surface area contributed by atoms with E-state index in [1.165, 1.54) is 21.9 Å². The lowest BCUT2D eigenvalue weighted by molar-refractivity contribution is 0.112. The minimum absolute atomic E-state index is 0.788. The SMILES string of the molecule is Cc1ccc(C)c2c(C)c(C=O)ccc12. The summed E-state index contributed by atoms with van der Waals surface area (Å²) in [6, 6.07) is 8.17. The van der Waals surface area contributed by atoms with Crippen LogP contribution in [0.4, 0.5) is 0 Å². The van der Waals surface area contributed by atoms with Gasteiger partial charge in [-0.2, -0.15) is 0 Å². The molecule has 0 saturated carbocycles. The molecule has 0 aliphatic carbocycles. The number of fused-ring (bicyclic) bond motifs is 1. The number of carbonyl (C=O) groups is 1. The maximum atomic E-state index is 10.9. The van der Waals surface area contributed by atoms with Gasteiger partial charge < -0.3 is 0 Å². The molecule has 1 nitrogen and oxygen atoms in total. The molecule has 0 fully saturated rings. The van der Waals surface area contributed by atoms with Gasteiger partial charge in [-0.05, 0) is 48.2 Å². The molecular formula is C14H14O. The zero-order valence-corrected chi connectivity index (χ0v) is 9.29. The minimum atomic E-state index is 0.788. The molecule has 15 heavy (non-hydrogen) atoms. The highest BCUT2D eigenvalue weighted by molar-refractivity contribution is 5.96. The Kier molecular flexibility index (Phi) is 2.31. The van der Waals surface area contributed by atoms with Crippen molar-refractivity contribution in [2.45, 2.75) is 20.8 Å². The first kappa shape index (κ1) is 9.91. The van der Waals surface area contributed by atoms with Crippen LogP contribution in [-0.4, -0.2) is 6.29 Å². The molecule has 0 spiro atoms. The Labute approximate surface area is 89.7 Å². The average Bonchev–Trinajstić information content (AvgIpc) is 2.23. The van der Waals surface area contributed by atoms with Gasteiger partial charge in [0, 0.05) is 5.56 Å². The van der Waals surface area contributed by atoms with E-state index in [0.717, 1.165) is 17.4 Å². The van der Waals surface area contributed by atoms with Crippen molar-refractivity contribution >= 4 is 17.1 Å². The van der Waals surface area contributed by atoms with E-state index in [-0.39, 0.29) is 0 Å². The van der Waals surface area contributed by atoms with Crippen molar-refractivity contribution in [3.63, 3.8) is 0 Å². The van der Waals surface area contributed by atoms with Gasteiger partial charge in [0.2, 0.25) is 0 Å². The van der Waals surface area contributed by atoms with Gasteiger partial charge in [-0.3, -0.25) is 4.79 Å². The van der Waals surface area contributed by atoms with Gasteiger partial charge in [-0.15, -0.1) is 0 Å². The van der Waals surface area contributed by atoms with E-state index in [0.29, 0.717) is 0 Å². The first-order chi connectivity index (χ1) is 7.15. The molecule has 2 aromatic carbocycles. The predicted octanol–water partition coefficient (Wildman–Crippen LogP) is 3.58. The summed E-state index contributed by atoms with van der Waals surface area (Å²) in [6.07, 6.45) is 0.927. The summed E-state index contributed by atoms with van der Waals surface area (Å²) >= 11 is 0. The van der Waals surface area contributed by atoms with Crippen molar-refractivity contribution in [2.24, 2.45) is 0 Å². The average molecular weight is 198 g/mol. The van der Waals surface area contributed by atoms with Gasteiger partial charge >= 0.3 is 0 Å². The lowest BCUT2D eigenvalue weighted by Gasteiger charge is -2.10. The maximum Gasteiger partial charge on any atom is 0.150 e.